The number of hydrogen-bond acceptors (Lipinski definition) is 16. The van der Waals surface area contributed by atoms with Crippen molar-refractivity contribution in [2.45, 2.75) is 127 Å². The molecule has 12 aromatic rings. The number of hydrogen-bond donors (Lipinski definition) is 4. The zero-order valence-electron chi connectivity index (χ0n) is 79.5. The van der Waals surface area contributed by atoms with Gasteiger partial charge in [0, 0.05) is 78.0 Å². The molecule has 0 amide bonds. The number of halogens is 16. The summed E-state index contributed by atoms with van der Waals surface area (Å²) in [5.74, 6) is 4.48. The van der Waals surface area contributed by atoms with Crippen molar-refractivity contribution >= 4 is 49.6 Å². The van der Waals surface area contributed by atoms with E-state index in [9.17, 15) is 73.1 Å². The minimum Gasteiger partial charge on any atom is -0.491 e. The molecule has 0 saturated heterocycles. The van der Waals surface area contributed by atoms with Crippen LogP contribution in [0, 0.1) is 27.7 Å². The van der Waals surface area contributed by atoms with Crippen molar-refractivity contribution in [1.82, 2.24) is 19.6 Å². The van der Waals surface area contributed by atoms with Crippen LogP contribution in [0.25, 0.3) is 0 Å². The largest absolute Gasteiger partial charge is 0.491 e. The Morgan fingerprint density at radius 1 is 0.234 bits per heavy atom. The second-order valence-corrected chi connectivity index (χ2v) is 33.3. The lowest BCUT2D eigenvalue weighted by Gasteiger charge is -2.25. The second kappa shape index (κ2) is 61.8. The lowest BCUT2D eigenvalue weighted by atomic mass is 10.1. The highest BCUT2D eigenvalue weighted by Crippen LogP contribution is 2.38. The molecular weight excluding hydrogens is 1930 g/mol. The summed E-state index contributed by atoms with van der Waals surface area (Å²) in [5.41, 5.74) is 4.91. The van der Waals surface area contributed by atoms with Gasteiger partial charge in [0.05, 0.1) is 22.3 Å². The van der Waals surface area contributed by atoms with Gasteiger partial charge < -0.3 is 83.4 Å². The first-order valence-electron chi connectivity index (χ1n) is 44.6. The van der Waals surface area contributed by atoms with Gasteiger partial charge in [0.1, 0.15) is 121 Å². The molecule has 0 heterocycles. The monoisotopic (exact) mass is 2050 g/mol. The zero-order valence-corrected chi connectivity index (χ0v) is 82.7. The van der Waals surface area contributed by atoms with Crippen LogP contribution in [-0.2, 0) is 24.7 Å². The Kier molecular flexibility index (Phi) is 53.6. The summed E-state index contributed by atoms with van der Waals surface area (Å²) in [5, 5.41) is 41.6. The number of aryl methyl sites for hydroxylation is 4. The molecule has 8 unspecified atom stereocenters. The maximum atomic E-state index is 12.9. The van der Waals surface area contributed by atoms with Crippen molar-refractivity contribution in [3.05, 3.63) is 382 Å². The van der Waals surface area contributed by atoms with Crippen LogP contribution in [0.1, 0.15) is 117 Å². The lowest BCUT2D eigenvalue weighted by molar-refractivity contribution is -0.138. The van der Waals surface area contributed by atoms with Gasteiger partial charge in [0.25, 0.3) is 0 Å². The fourth-order valence-electron chi connectivity index (χ4n) is 14.4. The van der Waals surface area contributed by atoms with Crippen LogP contribution in [0.2, 0.25) is 0 Å². The molecular formula is C108H126Cl4F12N4O13. The van der Waals surface area contributed by atoms with E-state index in [-0.39, 0.29) is 106 Å². The minimum absolute atomic E-state index is 0. The van der Waals surface area contributed by atoms with E-state index >= 15 is 0 Å². The summed E-state index contributed by atoms with van der Waals surface area (Å²) in [7, 11) is 7.60. The van der Waals surface area contributed by atoms with Crippen LogP contribution in [0.5, 0.6) is 46.0 Å². The quantitative estimate of drug-likeness (QED) is 0.0263. The number of ether oxygens (including phenoxy) is 8. The number of para-hydroxylation sites is 4. The van der Waals surface area contributed by atoms with Crippen LogP contribution < -0.4 is 37.9 Å². The summed E-state index contributed by atoms with van der Waals surface area (Å²) >= 11 is 0. The van der Waals surface area contributed by atoms with Crippen LogP contribution in [0.4, 0.5) is 52.7 Å². The topological polar surface area (TPSA) is 199 Å². The number of aliphatic hydroxyl groups is 4. The fourth-order valence-corrected chi connectivity index (χ4v) is 14.4. The van der Waals surface area contributed by atoms with E-state index in [1.807, 2.05) is 294 Å². The third-order valence-electron chi connectivity index (χ3n) is 21.8. The maximum Gasteiger partial charge on any atom is 0.416 e. The Hall–Kier alpha value is -11.0. The number of nitrogens with zero attached hydrogens (tertiary/aromatic N) is 4. The number of aliphatic hydroxyl groups excluding tert-OH is 4. The molecule has 6 N–H and O–H groups in total. The molecule has 141 heavy (non-hydrogen) atoms. The molecule has 17 nitrogen and oxygen atoms in total. The molecule has 33 heteroatoms. The van der Waals surface area contributed by atoms with Gasteiger partial charge in [-0.15, -0.1) is 49.6 Å². The van der Waals surface area contributed by atoms with Gasteiger partial charge in [0.2, 0.25) is 0 Å². The Morgan fingerprint density at radius 3 is 0.546 bits per heavy atom. The van der Waals surface area contributed by atoms with Gasteiger partial charge >= 0.3 is 24.7 Å². The van der Waals surface area contributed by atoms with Crippen LogP contribution >= 0.6 is 49.6 Å². The van der Waals surface area contributed by atoms with Gasteiger partial charge in [-0.1, -0.05) is 194 Å². The Labute approximate surface area is 842 Å². The minimum atomic E-state index is -4.39. The molecule has 0 aliphatic heterocycles. The molecule has 12 rings (SSSR count). The summed E-state index contributed by atoms with van der Waals surface area (Å²) in [4.78, 5) is 7.94. The number of rotatable bonds is 44. The van der Waals surface area contributed by atoms with Crippen molar-refractivity contribution < 1.29 is 116 Å². The van der Waals surface area contributed by atoms with Crippen molar-refractivity contribution in [3.8, 4) is 46.0 Å². The van der Waals surface area contributed by atoms with Crippen LogP contribution in [0.15, 0.2) is 315 Å². The molecule has 0 aliphatic carbocycles. The van der Waals surface area contributed by atoms with E-state index in [2.05, 4.69) is 0 Å². The molecule has 0 bridgehead atoms. The Morgan fingerprint density at radius 2 is 0.390 bits per heavy atom. The van der Waals surface area contributed by atoms with Gasteiger partial charge in [0.15, 0.2) is 0 Å². The second-order valence-electron chi connectivity index (χ2n) is 33.3. The molecule has 0 aliphatic rings. The zero-order chi connectivity index (χ0) is 98.2. The number of benzene rings is 12. The average Bonchev–Trinajstić information content (AvgIpc) is 0.848. The summed E-state index contributed by atoms with van der Waals surface area (Å²) in [6.07, 6.45) is -19.2. The Balaban J connectivity index is 0.000000388. The molecule has 0 fully saturated rings. The van der Waals surface area contributed by atoms with Gasteiger partial charge in [-0.2, -0.15) is 52.7 Å². The van der Waals surface area contributed by atoms with E-state index in [1.165, 1.54) is 48.5 Å². The van der Waals surface area contributed by atoms with E-state index < -0.39 is 71.4 Å². The predicted octanol–water partition coefficient (Wildman–Crippen LogP) is 24.4. The molecule has 0 aromatic heterocycles. The van der Waals surface area contributed by atoms with Gasteiger partial charge in [-0.05, 0) is 222 Å². The third kappa shape index (κ3) is 44.2. The van der Waals surface area contributed by atoms with E-state index in [1.54, 1.807) is 0 Å². The SMILES string of the molecule is Cc1ccccc1OCC(O)CN(C)CCC(Oc1ccc(C(F)(F)F)cc1)c1ccccc1.Cc1ccccc1OCC(O)CN(C)CCC(Oc1ccc(C(F)(F)F)cc1)c1ccccc1.Cc1ccccc1OCC(O)CN(C)CCC(Oc1ccc(C(F)(F)F)cc1)c1ccccc1.Cc1ccccc1OCC(O)CN(C)CCC(Oc1ccc(C(F)(F)F)cc1)c1ccccc1.Cl.Cl.Cl.Cl.O. The average molecular weight is 2060 g/mol. The molecule has 0 saturated carbocycles. The first kappa shape index (κ1) is 122. The first-order chi connectivity index (χ1) is 64.9. The Bertz CT molecular complexity index is 4730. The molecule has 8 atom stereocenters. The van der Waals surface area contributed by atoms with Crippen LogP contribution in [-0.4, -0.2) is 177 Å². The first-order valence-corrected chi connectivity index (χ1v) is 44.6. The molecule has 0 spiro atoms. The van der Waals surface area contributed by atoms with E-state index in [0.717, 1.165) is 116 Å². The van der Waals surface area contributed by atoms with Crippen molar-refractivity contribution in [1.29, 1.82) is 0 Å². The van der Waals surface area contributed by atoms with Crippen molar-refractivity contribution in [2.24, 2.45) is 0 Å². The molecule has 0 radical (unpaired) electrons. The summed E-state index contributed by atoms with van der Waals surface area (Å²) in [6.45, 7) is 12.6. The smallest absolute Gasteiger partial charge is 0.416 e. The number of alkyl halides is 12. The van der Waals surface area contributed by atoms with Crippen LogP contribution in [0.3, 0.4) is 0 Å². The summed E-state index contributed by atoms with van der Waals surface area (Å²) < 4.78 is 201. The highest BCUT2D eigenvalue weighted by atomic mass is 35.5. The van der Waals surface area contributed by atoms with E-state index in [4.69, 9.17) is 37.9 Å². The van der Waals surface area contributed by atoms with Gasteiger partial charge in [-0.25, -0.2) is 0 Å². The highest BCUT2D eigenvalue weighted by molar-refractivity contribution is 5.86. The van der Waals surface area contributed by atoms with Gasteiger partial charge in [-0.3, -0.25) is 0 Å². The fraction of sp³-hybridized carbons (Fsp3) is 0.333. The molecule has 768 valence electrons. The number of likely N-dealkylation sites (N-methyl/N-ethyl adjacent to an activating group) is 4. The van der Waals surface area contributed by atoms with Crippen molar-refractivity contribution in [2.75, 3.05) is 107 Å². The standard InChI is InChI=1S/4C27H30F3NO3.4ClH.H2O/c4*1-20-8-6-7-11-25(20)33-19-23(32)18-31(2)17-16-26(21-9-4-3-5-10-21)34-24-14-12-22(13-15-24)27(28,29)30;;;;;/h4*3-15,23,26,32H,16-19H2,1-2H3;4*1H;1H2. The lowest BCUT2D eigenvalue weighted by Crippen LogP contribution is -2.34. The maximum absolute atomic E-state index is 12.9. The predicted molar refractivity (Wildman–Crippen MR) is 537 cm³/mol. The normalized spacial score (nSPS) is 13.0. The van der Waals surface area contributed by atoms with Crippen molar-refractivity contribution in [3.63, 3.8) is 0 Å². The summed E-state index contributed by atoms with van der Waals surface area (Å²) in [6, 6.07) is 87.7. The highest BCUT2D eigenvalue weighted by Gasteiger charge is 2.34. The van der Waals surface area contributed by atoms with E-state index in [0.29, 0.717) is 101 Å². The molecule has 12 aromatic carbocycles. The third-order valence-corrected chi connectivity index (χ3v) is 21.8.